The summed E-state index contributed by atoms with van der Waals surface area (Å²) in [5.74, 6) is 2.04. The lowest BCUT2D eigenvalue weighted by Gasteiger charge is -2.48. The molecule has 1 spiro atoms. The first-order chi connectivity index (χ1) is 34.7. The number of thioether (sulfide) groups is 1. The van der Waals surface area contributed by atoms with E-state index in [1.54, 1.807) is 0 Å². The normalized spacial score (nSPS) is 16.2. The molecule has 11 aromatic rings. The Morgan fingerprint density at radius 1 is 0.486 bits per heavy atom. The van der Waals surface area contributed by atoms with E-state index in [1.807, 2.05) is 11.8 Å². The van der Waals surface area contributed by atoms with E-state index in [0.717, 1.165) is 62.6 Å². The largest absolute Gasteiger partial charge is 0.292 e. The van der Waals surface area contributed by atoms with Crippen molar-refractivity contribution in [2.45, 2.75) is 28.9 Å². The van der Waals surface area contributed by atoms with E-state index in [0.29, 0.717) is 0 Å². The third-order valence-corrected chi connectivity index (χ3v) is 16.4. The molecule has 2 aromatic heterocycles. The number of aromatic nitrogens is 4. The molecule has 9 aromatic carbocycles. The molecule has 0 radical (unpaired) electrons. The van der Waals surface area contributed by atoms with Crippen molar-refractivity contribution in [3.63, 3.8) is 0 Å². The van der Waals surface area contributed by atoms with Gasteiger partial charge in [-0.25, -0.2) is 9.97 Å². The van der Waals surface area contributed by atoms with Crippen LogP contribution in [0.1, 0.15) is 34.7 Å². The molecule has 0 bridgehead atoms. The summed E-state index contributed by atoms with van der Waals surface area (Å²) in [5, 5.41) is 0.238. The second kappa shape index (κ2) is 16.2. The summed E-state index contributed by atoms with van der Waals surface area (Å²) in [6.07, 6.45) is 8.37. The number of fused-ring (bicyclic) bond motifs is 11. The minimum absolute atomic E-state index is 0.146. The molecule has 2 aliphatic carbocycles. The van der Waals surface area contributed by atoms with E-state index in [9.17, 15) is 0 Å². The molecule has 0 saturated carbocycles. The van der Waals surface area contributed by atoms with Gasteiger partial charge in [-0.2, -0.15) is 0 Å². The number of allylic oxidation sites excluding steroid dienone is 3. The molecule has 4 nitrogen and oxygen atoms in total. The topological polar surface area (TPSA) is 35.6 Å². The second-order valence-corrected chi connectivity index (χ2v) is 19.9. The number of benzene rings is 9. The summed E-state index contributed by atoms with van der Waals surface area (Å²) in [5.41, 5.74) is 21.1. The van der Waals surface area contributed by atoms with Crippen LogP contribution in [0.3, 0.4) is 0 Å². The zero-order valence-electron chi connectivity index (χ0n) is 38.6. The van der Waals surface area contributed by atoms with Crippen LogP contribution in [-0.4, -0.2) is 24.4 Å². The van der Waals surface area contributed by atoms with Crippen LogP contribution in [0.4, 0.5) is 0 Å². The average Bonchev–Trinajstić information content (AvgIpc) is 4.11. The summed E-state index contributed by atoms with van der Waals surface area (Å²) in [6, 6.07) is 79.8. The fourth-order valence-electron chi connectivity index (χ4n) is 11.9. The van der Waals surface area contributed by atoms with Gasteiger partial charge in [0, 0.05) is 38.6 Å². The zero-order valence-corrected chi connectivity index (χ0v) is 39.4. The Balaban J connectivity index is 0.881. The van der Waals surface area contributed by atoms with Gasteiger partial charge in [0.15, 0.2) is 0 Å². The fraction of sp³-hybridized carbons (Fsp3) is 0.0769. The highest BCUT2D eigenvalue weighted by Crippen LogP contribution is 2.64. The van der Waals surface area contributed by atoms with Crippen molar-refractivity contribution in [3.05, 3.63) is 264 Å². The minimum Gasteiger partial charge on any atom is -0.292 e. The van der Waals surface area contributed by atoms with Crippen LogP contribution in [0.5, 0.6) is 0 Å². The van der Waals surface area contributed by atoms with Gasteiger partial charge in [0.05, 0.1) is 27.5 Å². The van der Waals surface area contributed by atoms with Gasteiger partial charge in [0.25, 0.3) is 0 Å². The molecule has 332 valence electrons. The van der Waals surface area contributed by atoms with Crippen molar-refractivity contribution < 1.29 is 0 Å². The highest BCUT2D eigenvalue weighted by atomic mass is 32.2. The molecule has 3 aliphatic rings. The van der Waals surface area contributed by atoms with E-state index in [1.165, 1.54) is 60.5 Å². The maximum atomic E-state index is 5.34. The third-order valence-electron chi connectivity index (χ3n) is 15.0. The van der Waals surface area contributed by atoms with Crippen molar-refractivity contribution in [3.8, 4) is 56.4 Å². The van der Waals surface area contributed by atoms with Crippen LogP contribution in [0, 0.1) is 5.92 Å². The number of hydrogen-bond donors (Lipinski definition) is 0. The molecule has 3 heterocycles. The Labute approximate surface area is 412 Å². The fourth-order valence-corrected chi connectivity index (χ4v) is 13.2. The summed E-state index contributed by atoms with van der Waals surface area (Å²) < 4.78 is 4.59. The number of imidazole rings is 2. The van der Waals surface area contributed by atoms with Gasteiger partial charge < -0.3 is 0 Å². The van der Waals surface area contributed by atoms with Crippen molar-refractivity contribution in [1.29, 1.82) is 0 Å². The molecule has 0 N–H and O–H groups in total. The average molecular weight is 915 g/mol. The molecular weight excluding hydrogens is 869 g/mol. The van der Waals surface area contributed by atoms with Crippen LogP contribution in [0.15, 0.2) is 242 Å². The van der Waals surface area contributed by atoms with E-state index >= 15 is 0 Å². The first-order valence-corrected chi connectivity index (χ1v) is 25.2. The van der Waals surface area contributed by atoms with E-state index in [-0.39, 0.29) is 11.2 Å². The molecule has 0 saturated heterocycles. The molecule has 2 atom stereocenters. The highest BCUT2D eigenvalue weighted by molar-refractivity contribution is 8.00. The lowest BCUT2D eigenvalue weighted by Crippen LogP contribution is -2.44. The Morgan fingerprint density at radius 2 is 1.04 bits per heavy atom. The number of hydrogen-bond acceptors (Lipinski definition) is 3. The van der Waals surface area contributed by atoms with E-state index in [2.05, 4.69) is 253 Å². The first-order valence-electron chi connectivity index (χ1n) is 24.4. The molecule has 14 rings (SSSR count). The molecule has 70 heavy (non-hydrogen) atoms. The Hall–Kier alpha value is -8.25. The van der Waals surface area contributed by atoms with Gasteiger partial charge in [0.1, 0.15) is 11.6 Å². The number of para-hydroxylation sites is 5. The van der Waals surface area contributed by atoms with Crippen molar-refractivity contribution in [1.82, 2.24) is 19.1 Å². The Bertz CT molecular complexity index is 3850. The molecular formula is C65H46N4S. The summed E-state index contributed by atoms with van der Waals surface area (Å²) in [6.45, 7) is 2.21. The van der Waals surface area contributed by atoms with Gasteiger partial charge in [-0.1, -0.05) is 189 Å². The summed E-state index contributed by atoms with van der Waals surface area (Å²) >= 11 is 2.00. The third kappa shape index (κ3) is 6.18. The van der Waals surface area contributed by atoms with Gasteiger partial charge in [-0.15, -0.1) is 11.8 Å². The Kier molecular flexibility index (Phi) is 9.43. The molecule has 5 heteroatoms. The van der Waals surface area contributed by atoms with Crippen molar-refractivity contribution in [2.24, 2.45) is 5.92 Å². The molecule has 1 aliphatic heterocycles. The maximum absolute atomic E-state index is 5.34. The second-order valence-electron chi connectivity index (χ2n) is 18.7. The minimum atomic E-state index is -0.414. The smallest absolute Gasteiger partial charge is 0.145 e. The summed E-state index contributed by atoms with van der Waals surface area (Å²) in [7, 11) is 0. The number of nitrogens with zero attached hydrogens (tertiary/aromatic N) is 4. The van der Waals surface area contributed by atoms with Gasteiger partial charge in [-0.3, -0.25) is 9.13 Å². The highest BCUT2D eigenvalue weighted by Gasteiger charge is 2.55. The lowest BCUT2D eigenvalue weighted by atomic mass is 9.61. The van der Waals surface area contributed by atoms with Gasteiger partial charge >= 0.3 is 0 Å². The van der Waals surface area contributed by atoms with E-state index in [4.69, 9.17) is 9.97 Å². The van der Waals surface area contributed by atoms with Crippen LogP contribution in [-0.2, 0) is 11.8 Å². The predicted molar refractivity (Wildman–Crippen MR) is 290 cm³/mol. The number of aryl methyl sites for hydroxylation is 1. The first kappa shape index (κ1) is 40.8. The Morgan fingerprint density at radius 3 is 1.73 bits per heavy atom. The standard InChI is InChI=1S/C65H46N4S/c1-2-42-16-15-27-59-62(42)67-64(69(59)50-19-7-4-8-20-50)46-34-30-44(31-35-46)48-37-39-61-56(41-48)65(53-23-11-9-21-51(53)52-22-10-12-24-54(52)65)55-40-47(36-38-60(55)70-61)43-28-32-45(33-29-43)63-66-57-25-13-14-26-58(57)68(63)49-17-5-3-6-18-49/h3-41,56,61H,2H2,1H3. The van der Waals surface area contributed by atoms with Crippen LogP contribution in [0.25, 0.3) is 84.0 Å². The van der Waals surface area contributed by atoms with Gasteiger partial charge in [-0.05, 0) is 117 Å². The SMILES string of the molecule is CCc1cccc2c1nc(-c1ccc(C3=CC4C(C=C3)Sc3ccc(-c5ccc(-c6nc7ccccc7n6-c6ccccc6)cc5)cc3C43c4ccccc4-c4ccccc43)cc1)n2-c1ccccc1. The van der Waals surface area contributed by atoms with Crippen LogP contribution >= 0.6 is 11.8 Å². The monoisotopic (exact) mass is 914 g/mol. The predicted octanol–water partition coefficient (Wildman–Crippen LogP) is 16.0. The van der Waals surface area contributed by atoms with Crippen LogP contribution < -0.4 is 0 Å². The van der Waals surface area contributed by atoms with E-state index < -0.39 is 5.41 Å². The summed E-state index contributed by atoms with van der Waals surface area (Å²) in [4.78, 5) is 11.8. The van der Waals surface area contributed by atoms with Crippen molar-refractivity contribution >= 4 is 39.4 Å². The molecule has 0 fully saturated rings. The molecule has 0 amide bonds. The molecule has 2 unspecified atom stereocenters. The van der Waals surface area contributed by atoms with Gasteiger partial charge in [0.2, 0.25) is 0 Å². The van der Waals surface area contributed by atoms with Crippen molar-refractivity contribution in [2.75, 3.05) is 0 Å². The zero-order chi connectivity index (χ0) is 46.3. The lowest BCUT2D eigenvalue weighted by molar-refractivity contribution is 0.451. The maximum Gasteiger partial charge on any atom is 0.145 e. The quantitative estimate of drug-likeness (QED) is 0.160. The number of rotatable bonds is 7. The van der Waals surface area contributed by atoms with Crippen LogP contribution in [0.2, 0.25) is 0 Å².